The Kier molecular flexibility index (Phi) is 6.22. The van der Waals surface area contributed by atoms with Crippen LogP contribution in [0.5, 0.6) is 0 Å². The molecule has 134 valence electrons. The normalized spacial score (nSPS) is 17.3. The monoisotopic (exact) mass is 340 g/mol. The van der Waals surface area contributed by atoms with E-state index in [4.69, 9.17) is 15.8 Å². The van der Waals surface area contributed by atoms with Crippen LogP contribution >= 0.6 is 0 Å². The highest BCUT2D eigenvalue weighted by atomic mass is 16.4. The second-order valence-electron chi connectivity index (χ2n) is 6.50. The number of nitrogens with one attached hydrogen (secondary N) is 2. The summed E-state index contributed by atoms with van der Waals surface area (Å²) in [6.07, 6.45) is 2.51. The molecule has 0 unspecified atom stereocenters. The molecule has 2 rings (SSSR count). The molecule has 1 aliphatic heterocycles. The first-order chi connectivity index (χ1) is 11.3. The standard InChI is InChI=1S/C14H25BN4O5/c16-14(13(21)22,4-1-2-6-15(23)24)5-8-19-7-3-11-10(9-19)12(20)18-17-11/h23-24H,1-9,16H2,(H,21,22)(H2,17,18,20)/t14-/m1/s1. The molecule has 1 atom stereocenters. The molecule has 2 heterocycles. The fraction of sp³-hybridized carbons (Fsp3) is 0.714. The van der Waals surface area contributed by atoms with Gasteiger partial charge >= 0.3 is 13.1 Å². The van der Waals surface area contributed by atoms with E-state index in [2.05, 4.69) is 10.2 Å². The van der Waals surface area contributed by atoms with Gasteiger partial charge in [0.1, 0.15) is 5.54 Å². The molecule has 0 spiro atoms. The van der Waals surface area contributed by atoms with Crippen LogP contribution < -0.4 is 11.3 Å². The highest BCUT2D eigenvalue weighted by Gasteiger charge is 2.34. The maximum Gasteiger partial charge on any atom is 0.451 e. The molecule has 9 nitrogen and oxygen atoms in total. The minimum atomic E-state index is -1.37. The predicted molar refractivity (Wildman–Crippen MR) is 88.4 cm³/mol. The number of nitrogens with zero attached hydrogens (tertiary/aromatic N) is 1. The summed E-state index contributed by atoms with van der Waals surface area (Å²) in [5.74, 6) is -1.05. The van der Waals surface area contributed by atoms with Gasteiger partial charge in [0.25, 0.3) is 5.56 Å². The number of hydrogen-bond acceptors (Lipinski definition) is 6. The predicted octanol–water partition coefficient (Wildman–Crippen LogP) is -1.12. The van der Waals surface area contributed by atoms with Crippen molar-refractivity contribution in [3.63, 3.8) is 0 Å². The molecule has 0 amide bonds. The van der Waals surface area contributed by atoms with E-state index in [9.17, 15) is 14.7 Å². The number of rotatable bonds is 9. The smallest absolute Gasteiger partial charge is 0.451 e. The van der Waals surface area contributed by atoms with E-state index in [1.54, 1.807) is 0 Å². The summed E-state index contributed by atoms with van der Waals surface area (Å²) >= 11 is 0. The van der Waals surface area contributed by atoms with Crippen molar-refractivity contribution >= 4 is 13.1 Å². The van der Waals surface area contributed by atoms with Crippen LogP contribution in [0.4, 0.5) is 0 Å². The van der Waals surface area contributed by atoms with Gasteiger partial charge in [-0.05, 0) is 19.2 Å². The Morgan fingerprint density at radius 3 is 2.71 bits per heavy atom. The Hall–Kier alpha value is -1.62. The SMILES string of the molecule is N[C@](CCCCB(O)O)(CCN1CCc2[nH][nH]c(=O)c2C1)C(=O)O. The topological polar surface area (TPSA) is 156 Å². The average molecular weight is 340 g/mol. The van der Waals surface area contributed by atoms with E-state index < -0.39 is 18.6 Å². The van der Waals surface area contributed by atoms with Crippen LogP contribution in [-0.4, -0.2) is 62.0 Å². The van der Waals surface area contributed by atoms with Gasteiger partial charge in [-0.2, -0.15) is 0 Å². The lowest BCUT2D eigenvalue weighted by atomic mass is 9.81. The highest BCUT2D eigenvalue weighted by molar-refractivity contribution is 6.40. The van der Waals surface area contributed by atoms with Crippen LogP contribution in [0.25, 0.3) is 0 Å². The van der Waals surface area contributed by atoms with Gasteiger partial charge in [0, 0.05) is 31.7 Å². The molecule has 1 aliphatic rings. The first-order valence-electron chi connectivity index (χ1n) is 8.21. The van der Waals surface area contributed by atoms with Crippen molar-refractivity contribution in [3.8, 4) is 0 Å². The number of H-pyrrole nitrogens is 2. The van der Waals surface area contributed by atoms with Crippen molar-refractivity contribution in [1.29, 1.82) is 0 Å². The maximum absolute atomic E-state index is 11.7. The number of aliphatic carboxylic acids is 1. The van der Waals surface area contributed by atoms with Gasteiger partial charge in [-0.1, -0.05) is 12.8 Å². The number of hydrogen-bond donors (Lipinski definition) is 6. The van der Waals surface area contributed by atoms with Crippen LogP contribution in [-0.2, 0) is 17.8 Å². The number of nitrogens with two attached hydrogens (primary N) is 1. The third-order valence-electron chi connectivity index (χ3n) is 4.66. The summed E-state index contributed by atoms with van der Waals surface area (Å²) < 4.78 is 0. The number of carboxylic acids is 1. The summed E-state index contributed by atoms with van der Waals surface area (Å²) in [6.45, 7) is 1.73. The first kappa shape index (κ1) is 18.7. The number of fused-ring (bicyclic) bond motifs is 1. The van der Waals surface area contributed by atoms with Crippen LogP contribution in [0, 0.1) is 0 Å². The van der Waals surface area contributed by atoms with E-state index in [1.165, 1.54) is 0 Å². The Balaban J connectivity index is 1.86. The van der Waals surface area contributed by atoms with Crippen molar-refractivity contribution in [3.05, 3.63) is 21.6 Å². The molecule has 24 heavy (non-hydrogen) atoms. The summed E-state index contributed by atoms with van der Waals surface area (Å²) in [5.41, 5.74) is 6.20. The van der Waals surface area contributed by atoms with Crippen molar-refractivity contribution in [1.82, 2.24) is 15.1 Å². The summed E-state index contributed by atoms with van der Waals surface area (Å²) in [4.78, 5) is 25.2. The van der Waals surface area contributed by atoms with E-state index in [-0.39, 0.29) is 24.7 Å². The molecule has 0 bridgehead atoms. The average Bonchev–Trinajstić information content (AvgIpc) is 2.90. The van der Waals surface area contributed by atoms with Gasteiger partial charge < -0.3 is 26.0 Å². The fourth-order valence-corrected chi connectivity index (χ4v) is 3.03. The fourth-order valence-electron chi connectivity index (χ4n) is 3.03. The zero-order valence-corrected chi connectivity index (χ0v) is 13.6. The van der Waals surface area contributed by atoms with Crippen molar-refractivity contribution in [2.45, 2.75) is 50.5 Å². The summed E-state index contributed by atoms with van der Waals surface area (Å²) in [5, 5.41) is 32.5. The Bertz CT molecular complexity index is 617. The molecular weight excluding hydrogens is 315 g/mol. The van der Waals surface area contributed by atoms with Crippen LogP contribution in [0.2, 0.25) is 6.32 Å². The van der Waals surface area contributed by atoms with Gasteiger partial charge in [0.2, 0.25) is 0 Å². The molecule has 1 aromatic rings. The largest absolute Gasteiger partial charge is 0.480 e. The summed E-state index contributed by atoms with van der Waals surface area (Å²) in [6, 6.07) is 0. The summed E-state index contributed by atoms with van der Waals surface area (Å²) in [7, 11) is -1.37. The third kappa shape index (κ3) is 4.70. The third-order valence-corrected chi connectivity index (χ3v) is 4.66. The lowest BCUT2D eigenvalue weighted by molar-refractivity contribution is -0.144. The molecule has 0 saturated heterocycles. The van der Waals surface area contributed by atoms with E-state index >= 15 is 0 Å². The van der Waals surface area contributed by atoms with Gasteiger partial charge in [0.05, 0.1) is 5.56 Å². The first-order valence-corrected chi connectivity index (χ1v) is 8.21. The lowest BCUT2D eigenvalue weighted by Crippen LogP contribution is -2.50. The van der Waals surface area contributed by atoms with E-state index in [0.717, 1.165) is 12.2 Å². The van der Waals surface area contributed by atoms with Crippen molar-refractivity contribution in [2.24, 2.45) is 5.73 Å². The minimum absolute atomic E-state index is 0.130. The quantitative estimate of drug-likeness (QED) is 0.245. The Morgan fingerprint density at radius 1 is 1.29 bits per heavy atom. The van der Waals surface area contributed by atoms with Crippen LogP contribution in [0.3, 0.4) is 0 Å². The molecule has 0 fully saturated rings. The van der Waals surface area contributed by atoms with Crippen LogP contribution in [0.15, 0.2) is 4.79 Å². The molecule has 0 saturated carbocycles. The van der Waals surface area contributed by atoms with E-state index in [0.29, 0.717) is 37.9 Å². The molecule has 7 N–H and O–H groups in total. The zero-order chi connectivity index (χ0) is 17.7. The minimum Gasteiger partial charge on any atom is -0.480 e. The highest BCUT2D eigenvalue weighted by Crippen LogP contribution is 2.20. The molecule has 1 aromatic heterocycles. The second kappa shape index (κ2) is 7.97. The maximum atomic E-state index is 11.7. The number of carbonyl (C=O) groups is 1. The molecule has 0 radical (unpaired) electrons. The van der Waals surface area contributed by atoms with Gasteiger partial charge in [0.15, 0.2) is 0 Å². The number of carboxylic acid groups (broad SMARTS) is 1. The molecular formula is C14H25BN4O5. The molecule has 10 heteroatoms. The molecule has 0 aliphatic carbocycles. The number of aromatic amines is 2. The molecule has 0 aromatic carbocycles. The zero-order valence-electron chi connectivity index (χ0n) is 13.6. The van der Waals surface area contributed by atoms with Crippen molar-refractivity contribution < 1.29 is 19.9 Å². The van der Waals surface area contributed by atoms with Crippen molar-refractivity contribution in [2.75, 3.05) is 13.1 Å². The van der Waals surface area contributed by atoms with Gasteiger partial charge in [-0.3, -0.25) is 19.6 Å². The Labute approximate surface area is 140 Å². The van der Waals surface area contributed by atoms with Gasteiger partial charge in [-0.25, -0.2) is 0 Å². The van der Waals surface area contributed by atoms with Gasteiger partial charge in [-0.15, -0.1) is 0 Å². The lowest BCUT2D eigenvalue weighted by Gasteiger charge is -2.31. The second-order valence-corrected chi connectivity index (χ2v) is 6.50. The van der Waals surface area contributed by atoms with E-state index in [1.807, 2.05) is 4.90 Å². The Morgan fingerprint density at radius 2 is 2.04 bits per heavy atom. The number of aromatic nitrogens is 2. The van der Waals surface area contributed by atoms with Crippen LogP contribution in [0.1, 0.15) is 36.9 Å². The number of unbranched alkanes of at least 4 members (excludes halogenated alkanes) is 1.